The number of aromatic nitrogens is 2. The largest absolute Gasteiger partial charge is 0.378 e. The summed E-state index contributed by atoms with van der Waals surface area (Å²) in [6.07, 6.45) is 8.12. The van der Waals surface area contributed by atoms with Gasteiger partial charge in [0.15, 0.2) is 0 Å². The first kappa shape index (κ1) is 18.0. The number of anilines is 1. The molecule has 1 aromatic heterocycles. The second-order valence-corrected chi connectivity index (χ2v) is 7.35. The van der Waals surface area contributed by atoms with E-state index in [1.807, 2.05) is 29.1 Å². The van der Waals surface area contributed by atoms with E-state index < -0.39 is 0 Å². The SMILES string of the molecule is O=C(c1ccc(N2CCOCC2)cc1)N1CCCCC1CCn1cccn1. The van der Waals surface area contributed by atoms with Crippen LogP contribution < -0.4 is 4.90 Å². The van der Waals surface area contributed by atoms with Crippen molar-refractivity contribution >= 4 is 11.6 Å². The molecule has 1 atom stereocenters. The average molecular weight is 368 g/mol. The molecule has 144 valence electrons. The highest BCUT2D eigenvalue weighted by atomic mass is 16.5. The van der Waals surface area contributed by atoms with Crippen LogP contribution in [0.4, 0.5) is 5.69 Å². The molecule has 0 N–H and O–H groups in total. The number of amides is 1. The summed E-state index contributed by atoms with van der Waals surface area (Å²) in [6, 6.07) is 10.3. The number of rotatable bonds is 5. The van der Waals surface area contributed by atoms with Crippen molar-refractivity contribution in [3.05, 3.63) is 48.3 Å². The van der Waals surface area contributed by atoms with Gasteiger partial charge in [0.1, 0.15) is 0 Å². The molecule has 1 amide bonds. The highest BCUT2D eigenvalue weighted by molar-refractivity contribution is 5.94. The van der Waals surface area contributed by atoms with Crippen molar-refractivity contribution in [1.29, 1.82) is 0 Å². The van der Waals surface area contributed by atoms with Crippen molar-refractivity contribution in [3.8, 4) is 0 Å². The zero-order valence-corrected chi connectivity index (χ0v) is 15.8. The second-order valence-electron chi connectivity index (χ2n) is 7.35. The van der Waals surface area contributed by atoms with E-state index >= 15 is 0 Å². The van der Waals surface area contributed by atoms with E-state index in [4.69, 9.17) is 4.74 Å². The highest BCUT2D eigenvalue weighted by Crippen LogP contribution is 2.24. The summed E-state index contributed by atoms with van der Waals surface area (Å²) < 4.78 is 7.37. The zero-order valence-electron chi connectivity index (χ0n) is 15.8. The Labute approximate surface area is 160 Å². The molecule has 0 bridgehead atoms. The Bertz CT molecular complexity index is 723. The Hall–Kier alpha value is -2.34. The summed E-state index contributed by atoms with van der Waals surface area (Å²) in [6.45, 7) is 5.08. The normalized spacial score (nSPS) is 20.7. The van der Waals surface area contributed by atoms with E-state index in [0.717, 1.165) is 64.2 Å². The number of carbonyl (C=O) groups excluding carboxylic acids is 1. The molecule has 2 fully saturated rings. The van der Waals surface area contributed by atoms with Crippen molar-refractivity contribution in [2.45, 2.75) is 38.3 Å². The van der Waals surface area contributed by atoms with Gasteiger partial charge in [-0.3, -0.25) is 9.48 Å². The quantitative estimate of drug-likeness (QED) is 0.814. The van der Waals surface area contributed by atoms with Gasteiger partial charge in [-0.15, -0.1) is 0 Å². The summed E-state index contributed by atoms with van der Waals surface area (Å²) in [4.78, 5) is 17.5. The van der Waals surface area contributed by atoms with Crippen LogP contribution in [0, 0.1) is 0 Å². The van der Waals surface area contributed by atoms with Crippen LogP contribution in [0.5, 0.6) is 0 Å². The Kier molecular flexibility index (Phi) is 5.72. The maximum atomic E-state index is 13.1. The molecule has 6 heteroatoms. The number of nitrogens with zero attached hydrogens (tertiary/aromatic N) is 4. The lowest BCUT2D eigenvalue weighted by Crippen LogP contribution is -2.44. The molecule has 0 aliphatic carbocycles. The fourth-order valence-corrected chi connectivity index (χ4v) is 4.08. The van der Waals surface area contributed by atoms with E-state index in [2.05, 4.69) is 27.0 Å². The topological polar surface area (TPSA) is 50.6 Å². The highest BCUT2D eigenvalue weighted by Gasteiger charge is 2.27. The molecule has 0 saturated carbocycles. The first-order chi connectivity index (χ1) is 13.3. The van der Waals surface area contributed by atoms with Crippen LogP contribution in [-0.2, 0) is 11.3 Å². The van der Waals surface area contributed by atoms with Crippen molar-refractivity contribution in [3.63, 3.8) is 0 Å². The van der Waals surface area contributed by atoms with E-state index in [9.17, 15) is 4.79 Å². The third-order valence-electron chi connectivity index (χ3n) is 5.63. The van der Waals surface area contributed by atoms with Gasteiger partial charge in [0, 0.05) is 55.9 Å². The number of ether oxygens (including phenoxy) is 1. The maximum absolute atomic E-state index is 13.1. The molecule has 27 heavy (non-hydrogen) atoms. The Balaban J connectivity index is 1.41. The van der Waals surface area contributed by atoms with Crippen LogP contribution in [0.25, 0.3) is 0 Å². The number of hydrogen-bond acceptors (Lipinski definition) is 4. The molecule has 1 unspecified atom stereocenters. The minimum Gasteiger partial charge on any atom is -0.378 e. The van der Waals surface area contributed by atoms with Gasteiger partial charge in [0.05, 0.1) is 13.2 Å². The number of piperidine rings is 1. The van der Waals surface area contributed by atoms with Crippen LogP contribution in [0.15, 0.2) is 42.7 Å². The van der Waals surface area contributed by atoms with Crippen molar-refractivity contribution in [2.75, 3.05) is 37.7 Å². The molecule has 0 radical (unpaired) electrons. The molecule has 4 rings (SSSR count). The van der Waals surface area contributed by atoms with Gasteiger partial charge in [-0.2, -0.15) is 5.10 Å². The Morgan fingerprint density at radius 1 is 1.11 bits per heavy atom. The first-order valence-corrected chi connectivity index (χ1v) is 10.0. The van der Waals surface area contributed by atoms with Crippen molar-refractivity contribution < 1.29 is 9.53 Å². The number of hydrogen-bond donors (Lipinski definition) is 0. The molecule has 2 saturated heterocycles. The van der Waals surface area contributed by atoms with Crippen LogP contribution in [-0.4, -0.2) is 59.5 Å². The van der Waals surface area contributed by atoms with Gasteiger partial charge < -0.3 is 14.5 Å². The predicted octanol–water partition coefficient (Wildman–Crippen LogP) is 2.80. The maximum Gasteiger partial charge on any atom is 0.254 e. The summed E-state index contributed by atoms with van der Waals surface area (Å²) in [5.41, 5.74) is 1.96. The van der Waals surface area contributed by atoms with Crippen LogP contribution >= 0.6 is 0 Å². The van der Waals surface area contributed by atoms with E-state index in [1.54, 1.807) is 6.20 Å². The second kappa shape index (κ2) is 8.57. The molecule has 3 heterocycles. The Morgan fingerprint density at radius 2 is 1.93 bits per heavy atom. The molecular formula is C21H28N4O2. The van der Waals surface area contributed by atoms with Crippen molar-refractivity contribution in [2.24, 2.45) is 0 Å². The van der Waals surface area contributed by atoms with Gasteiger partial charge in [-0.1, -0.05) is 0 Å². The molecule has 2 aliphatic rings. The summed E-state index contributed by atoms with van der Waals surface area (Å²) in [5, 5.41) is 4.28. The van der Waals surface area contributed by atoms with Crippen LogP contribution in [0.1, 0.15) is 36.0 Å². The lowest BCUT2D eigenvalue weighted by molar-refractivity contribution is 0.0594. The number of morpholine rings is 1. The summed E-state index contributed by atoms with van der Waals surface area (Å²) >= 11 is 0. The van der Waals surface area contributed by atoms with E-state index in [-0.39, 0.29) is 5.91 Å². The van der Waals surface area contributed by atoms with E-state index in [1.165, 1.54) is 12.1 Å². The van der Waals surface area contributed by atoms with Crippen LogP contribution in [0.2, 0.25) is 0 Å². The van der Waals surface area contributed by atoms with Gasteiger partial charge >= 0.3 is 0 Å². The van der Waals surface area contributed by atoms with Crippen molar-refractivity contribution in [1.82, 2.24) is 14.7 Å². The molecule has 6 nitrogen and oxygen atoms in total. The monoisotopic (exact) mass is 368 g/mol. The average Bonchev–Trinajstić information content (AvgIpc) is 3.26. The smallest absolute Gasteiger partial charge is 0.254 e. The predicted molar refractivity (Wildman–Crippen MR) is 105 cm³/mol. The fourth-order valence-electron chi connectivity index (χ4n) is 4.08. The first-order valence-electron chi connectivity index (χ1n) is 10.0. The minimum atomic E-state index is 0.161. The van der Waals surface area contributed by atoms with Crippen LogP contribution in [0.3, 0.4) is 0 Å². The number of aryl methyl sites for hydroxylation is 1. The molecule has 0 spiro atoms. The minimum absolute atomic E-state index is 0.161. The zero-order chi connectivity index (χ0) is 18.5. The standard InChI is InChI=1S/C21H28N4O2/c26-21(18-5-7-19(8-6-18)23-14-16-27-17-15-23)25-12-2-1-4-20(25)9-13-24-11-3-10-22-24/h3,5-8,10-11,20H,1-2,4,9,12-17H2. The summed E-state index contributed by atoms with van der Waals surface area (Å²) in [7, 11) is 0. The van der Waals surface area contributed by atoms with Gasteiger partial charge in [-0.05, 0) is 56.0 Å². The lowest BCUT2D eigenvalue weighted by Gasteiger charge is -2.36. The summed E-state index contributed by atoms with van der Waals surface area (Å²) in [5.74, 6) is 0.161. The number of benzene rings is 1. The van der Waals surface area contributed by atoms with Gasteiger partial charge in [0.25, 0.3) is 5.91 Å². The lowest BCUT2D eigenvalue weighted by atomic mass is 9.98. The third kappa shape index (κ3) is 4.33. The van der Waals surface area contributed by atoms with E-state index in [0.29, 0.717) is 6.04 Å². The molecule has 2 aromatic rings. The molecule has 2 aliphatic heterocycles. The Morgan fingerprint density at radius 3 is 2.67 bits per heavy atom. The van der Waals surface area contributed by atoms with Gasteiger partial charge in [-0.25, -0.2) is 0 Å². The number of carbonyl (C=O) groups is 1. The van der Waals surface area contributed by atoms with Gasteiger partial charge in [0.2, 0.25) is 0 Å². The number of likely N-dealkylation sites (tertiary alicyclic amines) is 1. The fraction of sp³-hybridized carbons (Fsp3) is 0.524. The molecular weight excluding hydrogens is 340 g/mol. The third-order valence-corrected chi connectivity index (χ3v) is 5.63. The molecule has 1 aromatic carbocycles.